The zero-order valence-corrected chi connectivity index (χ0v) is 22.4. The van der Waals surface area contributed by atoms with Crippen LogP contribution in [-0.4, -0.2) is 47.7 Å². The second-order valence-corrected chi connectivity index (χ2v) is 10.5. The molecule has 0 radical (unpaired) electrons. The quantitative estimate of drug-likeness (QED) is 0.365. The molecule has 0 unspecified atom stereocenters. The average Bonchev–Trinajstić information content (AvgIpc) is 2.84. The summed E-state index contributed by atoms with van der Waals surface area (Å²) >= 11 is 0. The van der Waals surface area contributed by atoms with E-state index in [0.29, 0.717) is 22.3 Å². The smallest absolute Gasteiger partial charge is 0.416 e. The normalized spacial score (nSPS) is 13.9. The molecule has 2 aromatic carbocycles. The van der Waals surface area contributed by atoms with Gasteiger partial charge in [0, 0.05) is 55.1 Å². The van der Waals surface area contributed by atoms with Crippen molar-refractivity contribution in [3.8, 4) is 16.9 Å². The molecular formula is C29H29F4N3O4. The molecule has 7 nitrogen and oxygen atoms in total. The van der Waals surface area contributed by atoms with Gasteiger partial charge in [-0.05, 0) is 73.9 Å². The fraction of sp³-hybridized carbons (Fsp3) is 0.345. The number of nitrogens with one attached hydrogen (secondary N) is 1. The van der Waals surface area contributed by atoms with Gasteiger partial charge in [0.25, 0.3) is 5.91 Å². The van der Waals surface area contributed by atoms with Crippen LogP contribution >= 0.6 is 0 Å². The number of rotatable bonds is 6. The Morgan fingerprint density at radius 2 is 1.77 bits per heavy atom. The number of carbonyl (C=O) groups excluding carboxylic acids is 2. The third kappa shape index (κ3) is 6.70. The number of amides is 2. The minimum atomic E-state index is -4.67. The fourth-order valence-electron chi connectivity index (χ4n) is 4.34. The molecule has 1 aliphatic rings. The van der Waals surface area contributed by atoms with Gasteiger partial charge in [-0.1, -0.05) is 0 Å². The third-order valence-corrected chi connectivity index (χ3v) is 6.35. The minimum Gasteiger partial charge on any atom is -0.496 e. The van der Waals surface area contributed by atoms with Gasteiger partial charge in [-0.25, -0.2) is 9.18 Å². The Morgan fingerprint density at radius 1 is 1.05 bits per heavy atom. The lowest BCUT2D eigenvalue weighted by Gasteiger charge is -2.40. The van der Waals surface area contributed by atoms with E-state index in [9.17, 15) is 27.2 Å². The molecule has 212 valence electrons. The summed E-state index contributed by atoms with van der Waals surface area (Å²) in [5, 5.41) is 2.66. The molecule has 11 heteroatoms. The van der Waals surface area contributed by atoms with E-state index >= 15 is 0 Å². The summed E-state index contributed by atoms with van der Waals surface area (Å²) < 4.78 is 65.4. The van der Waals surface area contributed by atoms with E-state index in [0.717, 1.165) is 12.1 Å². The van der Waals surface area contributed by atoms with E-state index in [1.54, 1.807) is 26.8 Å². The maximum atomic E-state index is 13.7. The van der Waals surface area contributed by atoms with Crippen molar-refractivity contribution in [1.29, 1.82) is 0 Å². The highest BCUT2D eigenvalue weighted by molar-refractivity contribution is 5.94. The van der Waals surface area contributed by atoms with Crippen LogP contribution in [0.25, 0.3) is 11.1 Å². The molecule has 2 amide bonds. The number of ether oxygens (including phenoxy) is 2. The summed E-state index contributed by atoms with van der Waals surface area (Å²) in [7, 11) is 1.40. The van der Waals surface area contributed by atoms with E-state index in [-0.39, 0.29) is 36.9 Å². The summed E-state index contributed by atoms with van der Waals surface area (Å²) in [5.41, 5.74) is 0.233. The Labute approximate surface area is 229 Å². The number of hydrogen-bond donors (Lipinski definition) is 1. The van der Waals surface area contributed by atoms with Crippen molar-refractivity contribution in [3.63, 3.8) is 0 Å². The van der Waals surface area contributed by atoms with Crippen LogP contribution in [-0.2, 0) is 17.5 Å². The minimum absolute atomic E-state index is 0.0516. The summed E-state index contributed by atoms with van der Waals surface area (Å²) in [6, 6.07) is 8.93. The first-order valence-electron chi connectivity index (χ1n) is 12.5. The summed E-state index contributed by atoms with van der Waals surface area (Å²) in [6.45, 7) is 5.48. The standard InChI is InChI=1S/C29H29F4N3O4/c1-28(2,3)40-27(38)36-15-20(16-36)17-9-18(11-21(10-17)29(31,32)33)26(37)35-14-19-13-34-8-7-23(19)24-6-5-22(30)12-25(24)39-4/h5-13,20H,14-16H2,1-4H3,(H,35,37). The van der Waals surface area contributed by atoms with Crippen molar-refractivity contribution in [1.82, 2.24) is 15.2 Å². The highest BCUT2D eigenvalue weighted by Crippen LogP contribution is 2.36. The Bertz CT molecular complexity index is 1410. The average molecular weight is 560 g/mol. The van der Waals surface area contributed by atoms with Gasteiger partial charge in [0.1, 0.15) is 17.2 Å². The molecule has 1 N–H and O–H groups in total. The highest BCUT2D eigenvalue weighted by Gasteiger charge is 2.37. The Balaban J connectivity index is 1.53. The van der Waals surface area contributed by atoms with Gasteiger partial charge in [0.2, 0.25) is 0 Å². The van der Waals surface area contributed by atoms with Crippen molar-refractivity contribution in [2.24, 2.45) is 0 Å². The Hall–Kier alpha value is -4.15. The molecule has 0 atom stereocenters. The number of aromatic nitrogens is 1. The molecular weight excluding hydrogens is 530 g/mol. The van der Waals surface area contributed by atoms with Gasteiger partial charge in [0.05, 0.1) is 12.7 Å². The van der Waals surface area contributed by atoms with Crippen LogP contribution in [0, 0.1) is 5.82 Å². The molecule has 40 heavy (non-hydrogen) atoms. The van der Waals surface area contributed by atoms with Crippen LogP contribution in [0.2, 0.25) is 0 Å². The molecule has 2 heterocycles. The first-order chi connectivity index (χ1) is 18.7. The lowest BCUT2D eigenvalue weighted by molar-refractivity contribution is -0.137. The van der Waals surface area contributed by atoms with Crippen molar-refractivity contribution in [2.45, 2.75) is 45.0 Å². The Morgan fingerprint density at radius 3 is 2.42 bits per heavy atom. The molecule has 0 saturated carbocycles. The van der Waals surface area contributed by atoms with Crippen LogP contribution in [0.1, 0.15) is 53.7 Å². The monoisotopic (exact) mass is 559 g/mol. The van der Waals surface area contributed by atoms with Gasteiger partial charge in [-0.15, -0.1) is 0 Å². The van der Waals surface area contributed by atoms with E-state index < -0.39 is 35.2 Å². The molecule has 4 rings (SSSR count). The second-order valence-electron chi connectivity index (χ2n) is 10.5. The third-order valence-electron chi connectivity index (χ3n) is 6.35. The predicted octanol–water partition coefficient (Wildman–Crippen LogP) is 6.18. The maximum absolute atomic E-state index is 13.7. The molecule has 0 spiro atoms. The fourth-order valence-corrected chi connectivity index (χ4v) is 4.34. The predicted molar refractivity (Wildman–Crippen MR) is 139 cm³/mol. The van der Waals surface area contributed by atoms with Crippen LogP contribution in [0.5, 0.6) is 5.75 Å². The topological polar surface area (TPSA) is 80.8 Å². The number of carbonyl (C=O) groups is 2. The van der Waals surface area contributed by atoms with Crippen molar-refractivity contribution in [2.75, 3.05) is 20.2 Å². The number of benzene rings is 2. The van der Waals surface area contributed by atoms with Crippen molar-refractivity contribution >= 4 is 12.0 Å². The van der Waals surface area contributed by atoms with Crippen molar-refractivity contribution in [3.05, 3.63) is 82.9 Å². The van der Waals surface area contributed by atoms with Gasteiger partial charge >= 0.3 is 12.3 Å². The van der Waals surface area contributed by atoms with E-state index in [1.165, 1.54) is 48.7 Å². The molecule has 0 bridgehead atoms. The van der Waals surface area contributed by atoms with Gasteiger partial charge in [-0.3, -0.25) is 9.78 Å². The molecule has 1 aromatic heterocycles. The number of hydrogen-bond acceptors (Lipinski definition) is 5. The number of likely N-dealkylation sites (tertiary alicyclic amines) is 1. The Kier molecular flexibility index (Phi) is 8.04. The zero-order valence-electron chi connectivity index (χ0n) is 22.4. The molecule has 1 saturated heterocycles. The number of alkyl halides is 3. The first-order valence-corrected chi connectivity index (χ1v) is 12.5. The van der Waals surface area contributed by atoms with E-state index in [4.69, 9.17) is 9.47 Å². The van der Waals surface area contributed by atoms with Crippen LogP contribution in [0.4, 0.5) is 22.4 Å². The summed E-state index contributed by atoms with van der Waals surface area (Å²) in [6.07, 6.45) is -2.18. The molecule has 1 aliphatic heterocycles. The van der Waals surface area contributed by atoms with Gasteiger partial charge in [-0.2, -0.15) is 13.2 Å². The largest absolute Gasteiger partial charge is 0.496 e. The van der Waals surface area contributed by atoms with Crippen LogP contribution in [0.15, 0.2) is 54.9 Å². The van der Waals surface area contributed by atoms with Gasteiger partial charge < -0.3 is 19.7 Å². The zero-order chi connectivity index (χ0) is 29.2. The second kappa shape index (κ2) is 11.1. The lowest BCUT2D eigenvalue weighted by Crippen LogP contribution is -2.50. The number of pyridine rings is 1. The lowest BCUT2D eigenvalue weighted by atomic mass is 9.89. The van der Waals surface area contributed by atoms with Crippen molar-refractivity contribution < 1.29 is 36.6 Å². The first kappa shape index (κ1) is 28.8. The number of nitrogens with zero attached hydrogens (tertiary/aromatic N) is 2. The van der Waals surface area contributed by atoms with Crippen LogP contribution in [0.3, 0.4) is 0 Å². The maximum Gasteiger partial charge on any atom is 0.416 e. The molecule has 1 fully saturated rings. The van der Waals surface area contributed by atoms with Crippen LogP contribution < -0.4 is 10.1 Å². The molecule has 3 aromatic rings. The number of halogens is 4. The SMILES string of the molecule is COc1cc(F)ccc1-c1ccncc1CNC(=O)c1cc(C2CN(C(=O)OC(C)(C)C)C2)cc(C(F)(F)F)c1. The number of methoxy groups -OCH3 is 1. The van der Waals surface area contributed by atoms with E-state index in [1.807, 2.05) is 0 Å². The van der Waals surface area contributed by atoms with E-state index in [2.05, 4.69) is 10.3 Å². The molecule has 0 aliphatic carbocycles. The summed E-state index contributed by atoms with van der Waals surface area (Å²) in [5.74, 6) is -1.29. The highest BCUT2D eigenvalue weighted by atomic mass is 19.4. The van der Waals surface area contributed by atoms with Gasteiger partial charge in [0.15, 0.2) is 0 Å². The summed E-state index contributed by atoms with van der Waals surface area (Å²) in [4.78, 5) is 30.8.